The molecular weight excluding hydrogens is 280 g/mol. The summed E-state index contributed by atoms with van der Waals surface area (Å²) in [6.45, 7) is 3.94. The van der Waals surface area contributed by atoms with E-state index in [1.54, 1.807) is 54.6 Å². The fraction of sp³-hybridized carbons (Fsp3) is 0.111. The zero-order valence-electron chi connectivity index (χ0n) is 12.2. The fourth-order valence-corrected chi connectivity index (χ4v) is 2.01. The van der Waals surface area contributed by atoms with E-state index in [0.717, 1.165) is 0 Å². The Bertz CT molecular complexity index is 704. The minimum atomic E-state index is -0.539. The Labute approximate surface area is 129 Å². The van der Waals surface area contributed by atoms with Crippen LogP contribution in [0.5, 0.6) is 5.75 Å². The second-order valence-corrected chi connectivity index (χ2v) is 4.49. The molecule has 0 bridgehead atoms. The van der Waals surface area contributed by atoms with Gasteiger partial charge in [-0.3, -0.25) is 4.79 Å². The molecule has 0 heterocycles. The summed E-state index contributed by atoms with van der Waals surface area (Å²) in [6.07, 6.45) is 1.63. The topological polar surface area (TPSA) is 52.6 Å². The summed E-state index contributed by atoms with van der Waals surface area (Å²) in [5, 5.41) is 0. The summed E-state index contributed by atoms with van der Waals surface area (Å²) >= 11 is 0. The number of ketones is 1. The van der Waals surface area contributed by atoms with Gasteiger partial charge < -0.3 is 9.47 Å². The molecule has 0 aliphatic carbocycles. The van der Waals surface area contributed by atoms with Crippen LogP contribution in [0.2, 0.25) is 0 Å². The quantitative estimate of drug-likeness (QED) is 0.466. The molecule has 4 nitrogen and oxygen atoms in total. The number of hydrogen-bond donors (Lipinski definition) is 0. The van der Waals surface area contributed by atoms with Crippen LogP contribution in [0.4, 0.5) is 0 Å². The second-order valence-electron chi connectivity index (χ2n) is 4.49. The largest absolute Gasteiger partial charge is 0.490 e. The Morgan fingerprint density at radius 3 is 2.50 bits per heavy atom. The highest BCUT2D eigenvalue weighted by atomic mass is 16.5. The standard InChI is InChI=1S/C18H16O4/c1-3-11-22-14-8-6-7-13(12-14)17(19)15-9-4-5-10-16(15)18(20)21-2/h3-10,12H,1,11H2,2H3. The van der Waals surface area contributed by atoms with E-state index in [-0.39, 0.29) is 11.3 Å². The molecule has 112 valence electrons. The van der Waals surface area contributed by atoms with Gasteiger partial charge in [-0.1, -0.05) is 43.0 Å². The van der Waals surface area contributed by atoms with E-state index in [1.165, 1.54) is 7.11 Å². The number of hydrogen-bond acceptors (Lipinski definition) is 4. The number of carbonyl (C=O) groups excluding carboxylic acids is 2. The fourth-order valence-electron chi connectivity index (χ4n) is 2.01. The van der Waals surface area contributed by atoms with Crippen molar-refractivity contribution >= 4 is 11.8 Å². The van der Waals surface area contributed by atoms with Crippen LogP contribution in [-0.2, 0) is 4.74 Å². The lowest BCUT2D eigenvalue weighted by Gasteiger charge is -2.08. The van der Waals surface area contributed by atoms with Crippen LogP contribution >= 0.6 is 0 Å². The summed E-state index contributed by atoms with van der Waals surface area (Å²) in [4.78, 5) is 24.4. The lowest BCUT2D eigenvalue weighted by Crippen LogP contribution is -2.11. The molecule has 2 rings (SSSR count). The highest BCUT2D eigenvalue weighted by Gasteiger charge is 2.18. The Morgan fingerprint density at radius 2 is 1.82 bits per heavy atom. The lowest BCUT2D eigenvalue weighted by atomic mass is 9.98. The van der Waals surface area contributed by atoms with Crippen LogP contribution in [0.25, 0.3) is 0 Å². The van der Waals surface area contributed by atoms with E-state index in [1.807, 2.05) is 0 Å². The monoisotopic (exact) mass is 296 g/mol. The normalized spacial score (nSPS) is 9.86. The van der Waals surface area contributed by atoms with Gasteiger partial charge in [0.25, 0.3) is 0 Å². The zero-order chi connectivity index (χ0) is 15.9. The SMILES string of the molecule is C=CCOc1cccc(C(=O)c2ccccc2C(=O)OC)c1. The summed E-state index contributed by atoms with van der Waals surface area (Å²) in [5.74, 6) is -0.227. The van der Waals surface area contributed by atoms with Crippen LogP contribution in [0.3, 0.4) is 0 Å². The van der Waals surface area contributed by atoms with Crippen LogP contribution in [0.15, 0.2) is 61.2 Å². The molecule has 0 aromatic heterocycles. The molecule has 0 saturated heterocycles. The first-order chi connectivity index (χ1) is 10.7. The van der Waals surface area contributed by atoms with Crippen LogP contribution < -0.4 is 4.74 Å². The van der Waals surface area contributed by atoms with Gasteiger partial charge >= 0.3 is 5.97 Å². The molecule has 2 aromatic carbocycles. The third-order valence-electron chi connectivity index (χ3n) is 3.04. The summed E-state index contributed by atoms with van der Waals surface area (Å²) in [5.41, 5.74) is 0.987. The van der Waals surface area contributed by atoms with Gasteiger partial charge in [-0.05, 0) is 18.2 Å². The van der Waals surface area contributed by atoms with Crippen molar-refractivity contribution in [2.45, 2.75) is 0 Å². The van der Waals surface area contributed by atoms with Crippen molar-refractivity contribution in [3.05, 3.63) is 77.9 Å². The molecule has 0 N–H and O–H groups in total. The second kappa shape index (κ2) is 7.22. The number of ether oxygens (including phenoxy) is 2. The third kappa shape index (κ3) is 3.41. The van der Waals surface area contributed by atoms with E-state index in [9.17, 15) is 9.59 Å². The van der Waals surface area contributed by atoms with Gasteiger partial charge in [-0.2, -0.15) is 0 Å². The van der Waals surface area contributed by atoms with Gasteiger partial charge in [-0.15, -0.1) is 0 Å². The number of carbonyl (C=O) groups is 2. The van der Waals surface area contributed by atoms with Gasteiger partial charge in [-0.25, -0.2) is 4.79 Å². The van der Waals surface area contributed by atoms with Crippen molar-refractivity contribution in [2.24, 2.45) is 0 Å². The predicted octanol–water partition coefficient (Wildman–Crippen LogP) is 3.27. The van der Waals surface area contributed by atoms with Crippen molar-refractivity contribution in [1.29, 1.82) is 0 Å². The molecule has 2 aromatic rings. The summed E-state index contributed by atoms with van der Waals surface area (Å²) in [7, 11) is 1.29. The number of rotatable bonds is 6. The van der Waals surface area contributed by atoms with Crippen molar-refractivity contribution in [2.75, 3.05) is 13.7 Å². The maximum atomic E-state index is 12.6. The molecule has 0 aliphatic rings. The molecule has 0 unspecified atom stereocenters. The van der Waals surface area contributed by atoms with E-state index in [0.29, 0.717) is 23.5 Å². The van der Waals surface area contributed by atoms with Crippen molar-refractivity contribution in [1.82, 2.24) is 0 Å². The third-order valence-corrected chi connectivity index (χ3v) is 3.04. The molecule has 0 saturated carbocycles. The van der Waals surface area contributed by atoms with E-state index in [2.05, 4.69) is 6.58 Å². The zero-order valence-corrected chi connectivity index (χ0v) is 12.2. The number of esters is 1. The molecule has 0 spiro atoms. The van der Waals surface area contributed by atoms with E-state index in [4.69, 9.17) is 9.47 Å². The first-order valence-electron chi connectivity index (χ1n) is 6.73. The highest BCUT2D eigenvalue weighted by molar-refractivity contribution is 6.14. The van der Waals surface area contributed by atoms with Crippen molar-refractivity contribution < 1.29 is 19.1 Å². The molecule has 0 fully saturated rings. The summed E-state index contributed by atoms with van der Waals surface area (Å²) < 4.78 is 10.1. The number of methoxy groups -OCH3 is 1. The maximum Gasteiger partial charge on any atom is 0.338 e. The molecule has 0 aliphatic heterocycles. The van der Waals surface area contributed by atoms with Crippen LogP contribution in [0.1, 0.15) is 26.3 Å². The Balaban J connectivity index is 2.36. The molecule has 4 heteroatoms. The van der Waals surface area contributed by atoms with Gasteiger partial charge in [0, 0.05) is 11.1 Å². The molecule has 0 atom stereocenters. The average molecular weight is 296 g/mol. The van der Waals surface area contributed by atoms with E-state index >= 15 is 0 Å². The Morgan fingerprint density at radius 1 is 1.09 bits per heavy atom. The smallest absolute Gasteiger partial charge is 0.338 e. The average Bonchev–Trinajstić information content (AvgIpc) is 2.58. The molecule has 22 heavy (non-hydrogen) atoms. The lowest BCUT2D eigenvalue weighted by molar-refractivity contribution is 0.0597. The van der Waals surface area contributed by atoms with Gasteiger partial charge in [0.2, 0.25) is 0 Å². The minimum Gasteiger partial charge on any atom is -0.490 e. The minimum absolute atomic E-state index is 0.243. The van der Waals surface area contributed by atoms with Gasteiger partial charge in [0.05, 0.1) is 12.7 Å². The van der Waals surface area contributed by atoms with Crippen LogP contribution in [0, 0.1) is 0 Å². The van der Waals surface area contributed by atoms with E-state index < -0.39 is 5.97 Å². The van der Waals surface area contributed by atoms with Crippen LogP contribution in [-0.4, -0.2) is 25.5 Å². The first-order valence-corrected chi connectivity index (χ1v) is 6.73. The predicted molar refractivity (Wildman–Crippen MR) is 83.3 cm³/mol. The van der Waals surface area contributed by atoms with Gasteiger partial charge in [0.15, 0.2) is 5.78 Å². The van der Waals surface area contributed by atoms with Crippen molar-refractivity contribution in [3.8, 4) is 5.75 Å². The molecule has 0 amide bonds. The first kappa shape index (κ1) is 15.5. The maximum absolute atomic E-state index is 12.6. The highest BCUT2D eigenvalue weighted by Crippen LogP contribution is 2.19. The molecule has 0 radical (unpaired) electrons. The Hall–Kier alpha value is -2.88. The van der Waals surface area contributed by atoms with Gasteiger partial charge in [0.1, 0.15) is 12.4 Å². The Kier molecular flexibility index (Phi) is 5.09. The number of benzene rings is 2. The molecular formula is C18H16O4. The van der Waals surface area contributed by atoms with Crippen molar-refractivity contribution in [3.63, 3.8) is 0 Å². The summed E-state index contributed by atoms with van der Waals surface area (Å²) in [6, 6.07) is 13.4.